The minimum absolute atomic E-state index is 0.570. The van der Waals surface area contributed by atoms with E-state index in [4.69, 9.17) is 4.74 Å². The summed E-state index contributed by atoms with van der Waals surface area (Å²) in [7, 11) is 0. The molecule has 1 atom stereocenters. The van der Waals surface area contributed by atoms with Gasteiger partial charge in [-0.2, -0.15) is 0 Å². The van der Waals surface area contributed by atoms with E-state index in [0.717, 1.165) is 24.9 Å². The maximum Gasteiger partial charge on any atom is 0.182 e. The Kier molecular flexibility index (Phi) is 4.18. The van der Waals surface area contributed by atoms with Gasteiger partial charge in [-0.25, -0.2) is 4.98 Å². The van der Waals surface area contributed by atoms with Gasteiger partial charge in [-0.1, -0.05) is 13.8 Å². The summed E-state index contributed by atoms with van der Waals surface area (Å²) < 4.78 is 5.50. The third kappa shape index (κ3) is 3.19. The van der Waals surface area contributed by atoms with Gasteiger partial charge in [-0.15, -0.1) is 11.3 Å². The lowest BCUT2D eigenvalue weighted by atomic mass is 10.0. The lowest BCUT2D eigenvalue weighted by Crippen LogP contribution is -2.14. The molecular weight excluding hydrogens is 220 g/mol. The van der Waals surface area contributed by atoms with E-state index in [2.05, 4.69) is 24.1 Å². The lowest BCUT2D eigenvalue weighted by molar-refractivity contribution is 0.0813. The molecule has 1 unspecified atom stereocenters. The Labute approximate surface area is 101 Å². The molecule has 4 heteroatoms. The van der Waals surface area contributed by atoms with Gasteiger partial charge in [-0.3, -0.25) is 0 Å². The molecule has 1 fully saturated rings. The van der Waals surface area contributed by atoms with Gasteiger partial charge in [0.1, 0.15) is 0 Å². The molecule has 0 bridgehead atoms. The molecule has 1 saturated heterocycles. The van der Waals surface area contributed by atoms with Gasteiger partial charge < -0.3 is 10.1 Å². The summed E-state index contributed by atoms with van der Waals surface area (Å²) in [6, 6.07) is 0. The minimum Gasteiger partial charge on any atom is -0.381 e. The summed E-state index contributed by atoms with van der Waals surface area (Å²) >= 11 is 1.78. The monoisotopic (exact) mass is 240 g/mol. The Morgan fingerprint density at radius 3 is 3.19 bits per heavy atom. The lowest BCUT2D eigenvalue weighted by Gasteiger charge is -2.20. The fourth-order valence-electron chi connectivity index (χ4n) is 1.81. The Morgan fingerprint density at radius 1 is 1.62 bits per heavy atom. The summed E-state index contributed by atoms with van der Waals surface area (Å²) in [5.41, 5.74) is 0. The predicted octanol–water partition coefficient (Wildman–Crippen LogP) is 3.11. The molecule has 0 saturated carbocycles. The first kappa shape index (κ1) is 11.9. The number of aromatic nitrogens is 1. The first-order valence-corrected chi connectivity index (χ1v) is 6.84. The molecule has 1 aromatic rings. The number of hydrogen-bond donors (Lipinski definition) is 1. The molecule has 0 amide bonds. The van der Waals surface area contributed by atoms with Gasteiger partial charge in [0.25, 0.3) is 0 Å². The first-order valence-electron chi connectivity index (χ1n) is 6.03. The maximum absolute atomic E-state index is 5.50. The van der Waals surface area contributed by atoms with Crippen LogP contribution in [0.2, 0.25) is 0 Å². The number of rotatable bonds is 4. The largest absolute Gasteiger partial charge is 0.381 e. The first-order chi connectivity index (χ1) is 7.75. The van der Waals surface area contributed by atoms with Crippen LogP contribution in [0.5, 0.6) is 0 Å². The van der Waals surface area contributed by atoms with Crippen molar-refractivity contribution in [3.63, 3.8) is 0 Å². The zero-order valence-electron chi connectivity index (χ0n) is 10.0. The average molecular weight is 240 g/mol. The van der Waals surface area contributed by atoms with E-state index in [0.29, 0.717) is 11.8 Å². The molecule has 16 heavy (non-hydrogen) atoms. The second-order valence-corrected chi connectivity index (χ2v) is 5.82. The topological polar surface area (TPSA) is 34.2 Å². The minimum atomic E-state index is 0.570. The van der Waals surface area contributed by atoms with Crippen molar-refractivity contribution in [1.29, 1.82) is 0 Å². The van der Waals surface area contributed by atoms with Crippen molar-refractivity contribution in [2.24, 2.45) is 5.92 Å². The second kappa shape index (κ2) is 5.64. The fraction of sp³-hybridized carbons (Fsp3) is 0.750. The molecule has 0 aromatic carbocycles. The van der Waals surface area contributed by atoms with E-state index in [1.54, 1.807) is 11.3 Å². The van der Waals surface area contributed by atoms with Gasteiger partial charge >= 0.3 is 0 Å². The molecule has 0 spiro atoms. The van der Waals surface area contributed by atoms with Crippen molar-refractivity contribution >= 4 is 16.5 Å². The van der Waals surface area contributed by atoms with Crippen LogP contribution in [0.1, 0.15) is 37.5 Å². The van der Waals surface area contributed by atoms with Crippen LogP contribution in [-0.2, 0) is 4.74 Å². The molecule has 1 aromatic heterocycles. The van der Waals surface area contributed by atoms with Gasteiger partial charge in [0, 0.05) is 30.1 Å². The molecule has 0 radical (unpaired) electrons. The maximum atomic E-state index is 5.50. The van der Waals surface area contributed by atoms with E-state index in [1.807, 2.05) is 6.20 Å². The normalized spacial score (nSPS) is 21.3. The van der Waals surface area contributed by atoms with E-state index < -0.39 is 0 Å². The quantitative estimate of drug-likeness (QED) is 0.878. The highest BCUT2D eigenvalue weighted by Crippen LogP contribution is 2.31. The van der Waals surface area contributed by atoms with Crippen LogP contribution in [-0.4, -0.2) is 24.7 Å². The summed E-state index contributed by atoms with van der Waals surface area (Å²) in [6.45, 7) is 7.20. The summed E-state index contributed by atoms with van der Waals surface area (Å²) in [6.07, 6.45) is 4.43. The van der Waals surface area contributed by atoms with Crippen molar-refractivity contribution in [2.75, 3.05) is 25.1 Å². The third-order valence-electron chi connectivity index (χ3n) is 2.75. The SMILES string of the molecule is CC(C)CNc1ncc(C2CCCOC2)s1. The van der Waals surface area contributed by atoms with E-state index in [9.17, 15) is 0 Å². The molecule has 2 heterocycles. The Balaban J connectivity index is 1.90. The predicted molar refractivity (Wildman–Crippen MR) is 68.2 cm³/mol. The Morgan fingerprint density at radius 2 is 2.50 bits per heavy atom. The summed E-state index contributed by atoms with van der Waals surface area (Å²) in [4.78, 5) is 5.78. The number of anilines is 1. The van der Waals surface area contributed by atoms with Crippen molar-refractivity contribution in [1.82, 2.24) is 4.98 Å². The molecule has 0 aliphatic carbocycles. The number of ether oxygens (including phenoxy) is 1. The highest BCUT2D eigenvalue weighted by atomic mass is 32.1. The summed E-state index contributed by atoms with van der Waals surface area (Å²) in [5.74, 6) is 1.23. The van der Waals surface area contributed by atoms with Crippen molar-refractivity contribution in [3.05, 3.63) is 11.1 Å². The van der Waals surface area contributed by atoms with Gasteiger partial charge in [0.15, 0.2) is 5.13 Å². The molecule has 1 aliphatic rings. The van der Waals surface area contributed by atoms with Crippen LogP contribution >= 0.6 is 11.3 Å². The zero-order valence-corrected chi connectivity index (χ0v) is 10.8. The molecular formula is C12H20N2OS. The molecule has 2 rings (SSSR count). The smallest absolute Gasteiger partial charge is 0.182 e. The van der Waals surface area contributed by atoms with Crippen LogP contribution in [0.15, 0.2) is 6.20 Å². The average Bonchev–Trinajstić information content (AvgIpc) is 2.76. The Hall–Kier alpha value is -0.610. The molecule has 1 N–H and O–H groups in total. The van der Waals surface area contributed by atoms with Crippen LogP contribution < -0.4 is 5.32 Å². The van der Waals surface area contributed by atoms with Crippen molar-refractivity contribution in [3.8, 4) is 0 Å². The van der Waals surface area contributed by atoms with E-state index >= 15 is 0 Å². The summed E-state index contributed by atoms with van der Waals surface area (Å²) in [5, 5.41) is 4.42. The number of hydrogen-bond acceptors (Lipinski definition) is 4. The highest BCUT2D eigenvalue weighted by Gasteiger charge is 2.18. The van der Waals surface area contributed by atoms with Crippen LogP contribution in [0.4, 0.5) is 5.13 Å². The van der Waals surface area contributed by atoms with Gasteiger partial charge in [0.05, 0.1) is 6.61 Å². The van der Waals surface area contributed by atoms with Crippen LogP contribution in [0, 0.1) is 5.92 Å². The van der Waals surface area contributed by atoms with Crippen LogP contribution in [0.25, 0.3) is 0 Å². The Bertz CT molecular complexity index is 319. The molecule has 90 valence electrons. The van der Waals surface area contributed by atoms with E-state index in [-0.39, 0.29) is 0 Å². The number of nitrogens with one attached hydrogen (secondary N) is 1. The van der Waals surface area contributed by atoms with Gasteiger partial charge in [0.2, 0.25) is 0 Å². The van der Waals surface area contributed by atoms with Crippen LogP contribution in [0.3, 0.4) is 0 Å². The molecule has 1 aliphatic heterocycles. The molecule has 3 nitrogen and oxygen atoms in total. The van der Waals surface area contributed by atoms with Crippen molar-refractivity contribution in [2.45, 2.75) is 32.6 Å². The van der Waals surface area contributed by atoms with Crippen molar-refractivity contribution < 1.29 is 4.74 Å². The second-order valence-electron chi connectivity index (χ2n) is 4.76. The number of thiazole rings is 1. The fourth-order valence-corrected chi connectivity index (χ4v) is 2.76. The zero-order chi connectivity index (χ0) is 11.4. The van der Waals surface area contributed by atoms with E-state index in [1.165, 1.54) is 17.7 Å². The number of nitrogens with zero attached hydrogens (tertiary/aromatic N) is 1. The highest BCUT2D eigenvalue weighted by molar-refractivity contribution is 7.15. The standard InChI is InChI=1S/C12H20N2OS/c1-9(2)6-13-12-14-7-11(16-12)10-4-3-5-15-8-10/h7,9-10H,3-6,8H2,1-2H3,(H,13,14). The van der Waals surface area contributed by atoms with Gasteiger partial charge in [-0.05, 0) is 18.8 Å². The third-order valence-corrected chi connectivity index (χ3v) is 3.87.